The average Bonchev–Trinajstić information content (AvgIpc) is 3.03. The lowest BCUT2D eigenvalue weighted by Crippen LogP contribution is -2.41. The number of benzene rings is 3. The molecule has 0 unspecified atom stereocenters. The maximum Gasteiger partial charge on any atom is 0.280 e. The van der Waals surface area contributed by atoms with Gasteiger partial charge in [-0.15, -0.1) is 0 Å². The number of unbranched alkanes of at least 4 members (excludes halogenated alkanes) is 1. The van der Waals surface area contributed by atoms with E-state index in [2.05, 4.69) is 93.4 Å². The molecule has 12 heteroatoms. The van der Waals surface area contributed by atoms with Gasteiger partial charge in [0, 0.05) is 18.2 Å². The van der Waals surface area contributed by atoms with Crippen molar-refractivity contribution in [1.82, 2.24) is 25.5 Å². The Balaban J connectivity index is 1.19. The molecule has 3 aromatic carbocycles. The molecule has 4 rings (SSSR count). The fraction of sp³-hybridized carbons (Fsp3) is 0.343. The summed E-state index contributed by atoms with van der Waals surface area (Å²) in [6.07, 6.45) is 5.36. The van der Waals surface area contributed by atoms with E-state index in [0.29, 0.717) is 13.0 Å². The molecule has 4 aromatic rings. The molecule has 47 heavy (non-hydrogen) atoms. The van der Waals surface area contributed by atoms with Gasteiger partial charge in [-0.1, -0.05) is 67.1 Å². The summed E-state index contributed by atoms with van der Waals surface area (Å²) in [4.78, 5) is 35.1. The highest BCUT2D eigenvalue weighted by molar-refractivity contribution is 6.31. The Hall–Kier alpha value is -4.74. The maximum absolute atomic E-state index is 12.9. The predicted octanol–water partition coefficient (Wildman–Crippen LogP) is 5.04. The summed E-state index contributed by atoms with van der Waals surface area (Å²) in [5.41, 5.74) is 15.5. The predicted molar refractivity (Wildman–Crippen MR) is 191 cm³/mol. The number of nitrogens with one attached hydrogen (secondary N) is 4. The van der Waals surface area contributed by atoms with Gasteiger partial charge >= 0.3 is 0 Å². The van der Waals surface area contributed by atoms with Crippen LogP contribution >= 0.6 is 11.6 Å². The van der Waals surface area contributed by atoms with E-state index in [0.717, 1.165) is 60.7 Å². The van der Waals surface area contributed by atoms with Gasteiger partial charge in [0.15, 0.2) is 28.4 Å². The molecule has 0 spiro atoms. The minimum Gasteiger partial charge on any atom is -0.382 e. The Kier molecular flexibility index (Phi) is 12.5. The Morgan fingerprint density at radius 1 is 0.872 bits per heavy atom. The minimum absolute atomic E-state index is 0.0125. The molecule has 0 saturated heterocycles. The highest BCUT2D eigenvalue weighted by Gasteiger charge is 2.17. The van der Waals surface area contributed by atoms with Crippen LogP contribution in [0.3, 0.4) is 0 Å². The number of nitrogen functional groups attached to an aromatic ring is 2. The molecule has 0 aliphatic rings. The Bertz CT molecular complexity index is 1710. The van der Waals surface area contributed by atoms with Gasteiger partial charge in [0.2, 0.25) is 5.91 Å². The topological polar surface area (TPSA) is 175 Å². The molecule has 8 N–H and O–H groups in total. The zero-order valence-electron chi connectivity index (χ0n) is 27.2. The number of carbonyl (C=O) groups is 2. The van der Waals surface area contributed by atoms with Crippen LogP contribution in [0.2, 0.25) is 5.15 Å². The number of hydrogen-bond donors (Lipinski definition) is 6. The van der Waals surface area contributed by atoms with Crippen LogP contribution in [0.15, 0.2) is 60.7 Å². The third-order valence-electron chi connectivity index (χ3n) is 7.80. The van der Waals surface area contributed by atoms with E-state index in [4.69, 9.17) is 28.5 Å². The van der Waals surface area contributed by atoms with Crippen LogP contribution in [0.1, 0.15) is 53.4 Å². The number of rotatable bonds is 14. The lowest BCUT2D eigenvalue weighted by Gasteiger charge is -2.14. The molecule has 1 atom stereocenters. The number of nitrogens with zero attached hydrogens (tertiary/aromatic N) is 3. The summed E-state index contributed by atoms with van der Waals surface area (Å²) in [5.74, 6) is -1.25. The van der Waals surface area contributed by atoms with Crippen LogP contribution < -0.4 is 27.4 Å². The zero-order chi connectivity index (χ0) is 33.9. The van der Waals surface area contributed by atoms with E-state index < -0.39 is 5.91 Å². The molecule has 0 fully saturated rings. The first-order chi connectivity index (χ1) is 22.5. The number of amides is 2. The zero-order valence-corrected chi connectivity index (χ0v) is 28.0. The molecule has 248 valence electrons. The fourth-order valence-corrected chi connectivity index (χ4v) is 5.31. The third kappa shape index (κ3) is 10.7. The molecular weight excluding hydrogens is 614 g/mol. The summed E-state index contributed by atoms with van der Waals surface area (Å²) in [6.45, 7) is 3.53. The summed E-state index contributed by atoms with van der Waals surface area (Å²) >= 11 is 5.83. The van der Waals surface area contributed by atoms with Crippen molar-refractivity contribution in [2.24, 2.45) is 5.92 Å². The number of anilines is 3. The van der Waals surface area contributed by atoms with Crippen molar-refractivity contribution < 1.29 is 9.59 Å². The van der Waals surface area contributed by atoms with Crippen molar-refractivity contribution >= 4 is 57.5 Å². The largest absolute Gasteiger partial charge is 0.382 e. The third-order valence-corrected chi connectivity index (χ3v) is 8.08. The number of aromatic nitrogens is 2. The van der Waals surface area contributed by atoms with Crippen LogP contribution in [0.5, 0.6) is 0 Å². The highest BCUT2D eigenvalue weighted by Crippen LogP contribution is 2.22. The van der Waals surface area contributed by atoms with Gasteiger partial charge in [0.1, 0.15) is 0 Å². The molecular formula is C35H44ClN9O2. The average molecular weight is 658 g/mol. The molecule has 0 bridgehead atoms. The van der Waals surface area contributed by atoms with E-state index in [1.165, 1.54) is 11.1 Å². The van der Waals surface area contributed by atoms with Crippen LogP contribution in [-0.2, 0) is 24.1 Å². The number of guanidine groups is 1. The van der Waals surface area contributed by atoms with Crippen LogP contribution in [0.25, 0.3) is 10.8 Å². The van der Waals surface area contributed by atoms with E-state index in [1.807, 2.05) is 19.1 Å². The standard InChI is InChI=1S/C35H44ClN9O2/c1-22(33(46)41-28-15-11-23(12-16-28)8-6-18-45(2)3)19-25-10-14-26-20-24(9-13-27(26)21-25)7-4-5-17-40-35(39)44-34(47)29-31(37)43-32(38)30(36)42-29/h9-16,20-22H,4-8,17-19H2,1-3H3,(H,41,46)(H4,37,38,43)(H3,39,40,44,47)/t22-/m0/s1. The van der Waals surface area contributed by atoms with Gasteiger partial charge < -0.3 is 27.0 Å². The second kappa shape index (κ2) is 16.7. The van der Waals surface area contributed by atoms with E-state index >= 15 is 0 Å². The quantitative estimate of drug-likeness (QED) is 0.0621. The van der Waals surface area contributed by atoms with Gasteiger partial charge in [0.05, 0.1) is 0 Å². The van der Waals surface area contributed by atoms with Crippen molar-refractivity contribution in [1.29, 1.82) is 5.41 Å². The first-order valence-corrected chi connectivity index (χ1v) is 16.1. The Morgan fingerprint density at radius 3 is 2.21 bits per heavy atom. The Morgan fingerprint density at radius 2 is 1.51 bits per heavy atom. The molecule has 1 aromatic heterocycles. The van der Waals surface area contributed by atoms with Crippen molar-refractivity contribution in [2.45, 2.75) is 45.4 Å². The SMILES string of the molecule is C[C@@H](Cc1ccc2cc(CCCCNC(=N)NC(=O)c3nc(Cl)c(N)nc3N)ccc2c1)C(=O)Nc1ccc(CCCN(C)C)cc1. The van der Waals surface area contributed by atoms with Crippen LogP contribution in [-0.4, -0.2) is 59.8 Å². The van der Waals surface area contributed by atoms with Crippen molar-refractivity contribution in [3.05, 3.63) is 88.2 Å². The summed E-state index contributed by atoms with van der Waals surface area (Å²) in [7, 11) is 4.16. The maximum atomic E-state index is 12.9. The van der Waals surface area contributed by atoms with Gasteiger partial charge in [0.25, 0.3) is 5.91 Å². The second-order valence-electron chi connectivity index (χ2n) is 12.1. The summed E-state index contributed by atoms with van der Waals surface area (Å²) in [6, 6.07) is 21.0. The summed E-state index contributed by atoms with van der Waals surface area (Å²) < 4.78 is 0. The molecule has 1 heterocycles. The van der Waals surface area contributed by atoms with Crippen LogP contribution in [0, 0.1) is 11.3 Å². The number of carbonyl (C=O) groups excluding carboxylic acids is 2. The number of halogens is 1. The van der Waals surface area contributed by atoms with Gasteiger partial charge in [-0.05, 0) is 98.8 Å². The highest BCUT2D eigenvalue weighted by atomic mass is 35.5. The number of nitrogens with two attached hydrogens (primary N) is 2. The van der Waals surface area contributed by atoms with Gasteiger partial charge in [-0.25, -0.2) is 9.97 Å². The van der Waals surface area contributed by atoms with Crippen molar-refractivity contribution in [3.8, 4) is 0 Å². The molecule has 11 nitrogen and oxygen atoms in total. The molecule has 0 radical (unpaired) electrons. The lowest BCUT2D eigenvalue weighted by atomic mass is 9.96. The smallest absolute Gasteiger partial charge is 0.280 e. The van der Waals surface area contributed by atoms with E-state index in [9.17, 15) is 9.59 Å². The fourth-order valence-electron chi connectivity index (χ4n) is 5.19. The number of hydrogen-bond acceptors (Lipinski definition) is 8. The molecule has 0 aliphatic heterocycles. The van der Waals surface area contributed by atoms with E-state index in [1.54, 1.807) is 0 Å². The second-order valence-corrected chi connectivity index (χ2v) is 12.4. The van der Waals surface area contributed by atoms with Crippen LogP contribution in [0.4, 0.5) is 17.3 Å². The van der Waals surface area contributed by atoms with Gasteiger partial charge in [-0.2, -0.15) is 0 Å². The summed E-state index contributed by atoms with van der Waals surface area (Å²) in [5, 5.41) is 18.5. The molecule has 2 amide bonds. The monoisotopic (exact) mass is 657 g/mol. The first kappa shape index (κ1) is 35.1. The number of aryl methyl sites for hydroxylation is 2. The lowest BCUT2D eigenvalue weighted by molar-refractivity contribution is -0.119. The van der Waals surface area contributed by atoms with E-state index in [-0.39, 0.29) is 40.3 Å². The Labute approximate surface area is 281 Å². The van der Waals surface area contributed by atoms with Gasteiger partial charge in [-0.3, -0.25) is 20.3 Å². The first-order valence-electron chi connectivity index (χ1n) is 15.8. The normalized spacial score (nSPS) is 11.8. The minimum atomic E-state index is -0.696. The molecule has 0 saturated carbocycles. The number of fused-ring (bicyclic) bond motifs is 1. The van der Waals surface area contributed by atoms with Crippen molar-refractivity contribution in [3.63, 3.8) is 0 Å². The molecule has 0 aliphatic carbocycles. The van der Waals surface area contributed by atoms with Crippen molar-refractivity contribution in [2.75, 3.05) is 44.0 Å².